The lowest BCUT2D eigenvalue weighted by atomic mass is 9.93. The van der Waals surface area contributed by atoms with E-state index in [0.717, 1.165) is 219 Å². The third-order valence-corrected chi connectivity index (χ3v) is 19.5. The summed E-state index contributed by atoms with van der Waals surface area (Å²) in [4.78, 5) is 68.3. The molecule has 0 bridgehead atoms. The molecule has 19 nitrogen and oxygen atoms in total. The van der Waals surface area contributed by atoms with Crippen molar-refractivity contribution in [2.45, 2.75) is 70.1 Å². The number of aryl methyl sites for hydroxylation is 2. The number of aromatic nitrogens is 9. The molecule has 89 heavy (non-hydrogen) atoms. The summed E-state index contributed by atoms with van der Waals surface area (Å²) in [5.74, 6) is 7.88. The van der Waals surface area contributed by atoms with Crippen molar-refractivity contribution in [3.05, 3.63) is 153 Å². The van der Waals surface area contributed by atoms with E-state index in [4.69, 9.17) is 70.9 Å². The van der Waals surface area contributed by atoms with E-state index in [9.17, 15) is 5.26 Å². The van der Waals surface area contributed by atoms with Crippen LogP contribution >= 0.6 is 11.6 Å². The highest BCUT2D eigenvalue weighted by atomic mass is 35.5. The van der Waals surface area contributed by atoms with E-state index >= 15 is 0 Å². The number of benzene rings is 3. The Morgan fingerprint density at radius 3 is 1.31 bits per heavy atom. The van der Waals surface area contributed by atoms with E-state index < -0.39 is 0 Å². The fourth-order valence-electron chi connectivity index (χ4n) is 13.8. The van der Waals surface area contributed by atoms with Crippen LogP contribution in [-0.4, -0.2) is 131 Å². The zero-order chi connectivity index (χ0) is 60.1. The van der Waals surface area contributed by atoms with Crippen LogP contribution in [0.4, 0.5) is 46.3 Å². The van der Waals surface area contributed by atoms with Gasteiger partial charge in [-0.3, -0.25) is 15.0 Å². The summed E-state index contributed by atoms with van der Waals surface area (Å²) in [5.41, 5.74) is 9.89. The minimum Gasteiger partial charge on any atom is -0.497 e. The molecule has 0 saturated carbocycles. The van der Waals surface area contributed by atoms with Crippen LogP contribution in [0.3, 0.4) is 0 Å². The second-order valence-electron chi connectivity index (χ2n) is 24.8. The molecule has 3 aromatic carbocycles. The van der Waals surface area contributed by atoms with Crippen LogP contribution in [0.15, 0.2) is 110 Å². The number of ether oxygens (including phenoxy) is 1. The lowest BCUT2D eigenvalue weighted by molar-refractivity contribution is 0.415. The zero-order valence-electron chi connectivity index (χ0n) is 50.4. The fourth-order valence-corrected chi connectivity index (χ4v) is 14.0. The summed E-state index contributed by atoms with van der Waals surface area (Å²) in [6, 6.07) is 34.2. The number of halogens is 1. The second kappa shape index (κ2) is 23.9. The van der Waals surface area contributed by atoms with Gasteiger partial charge in [0.05, 0.1) is 75.8 Å². The molecule has 6 aromatic heterocycles. The molecule has 446 valence electrons. The Bertz CT molecular complexity index is 4360. The Labute approximate surface area is 522 Å². The summed E-state index contributed by atoms with van der Waals surface area (Å²) >= 11 is 6.97. The highest BCUT2D eigenvalue weighted by molar-refractivity contribution is 6.35. The molecule has 0 amide bonds. The number of anilines is 6. The maximum Gasteiger partial charge on any atom is 0.342 e. The third-order valence-electron chi connectivity index (χ3n) is 19.1. The normalized spacial score (nSPS) is 18.1. The van der Waals surface area contributed by atoms with Crippen molar-refractivity contribution in [1.82, 2.24) is 44.9 Å². The molecule has 0 spiro atoms. The predicted octanol–water partition coefficient (Wildman–Crippen LogP) is 12.3. The first-order chi connectivity index (χ1) is 43.6. The molecule has 9 aromatic rings. The van der Waals surface area contributed by atoms with E-state index in [0.29, 0.717) is 5.02 Å². The van der Waals surface area contributed by atoms with Crippen LogP contribution in [0.1, 0.15) is 84.5 Å². The molecule has 0 atom stereocenters. The smallest absolute Gasteiger partial charge is 0.342 e. The van der Waals surface area contributed by atoms with Gasteiger partial charge in [-0.05, 0) is 122 Å². The number of methoxy groups -OCH3 is 1. The lowest BCUT2D eigenvalue weighted by Gasteiger charge is -2.41. The van der Waals surface area contributed by atoms with Crippen LogP contribution in [-0.2, 0) is 0 Å². The average molecular weight is 1200 g/mol. The standard InChI is InChI=1S/C69H69ClN18O/c1-43-28-62(87-39-49(40-87)64-67(75-19-16-72-64)83-22-10-45(34-71)11-23-83)81-59-30-51(4-7-54(43)59)78-35-46-12-24-85(25-13-46)69-66(74-18-21-77-69)50-41-88(42-50)63-33-57(70)55-8-5-52(31-60(55)82-63)79-36-47-14-26-84(27-15-47)68-65(73-17-20-76-68)48-37-86(38-48)61-29-44(2)56-32-53(89-3)6-9-58(56)80-61/h4-9,16-21,28-33,45-50H,10-15,22-27,37-42H2,1-3H3/q+2. The number of hydrogen-bond donors (Lipinski definition) is 0. The Kier molecular flexibility index (Phi) is 15.0. The highest BCUT2D eigenvalue weighted by Crippen LogP contribution is 2.41. The molecular formula is C69H69ClN18O+2. The maximum absolute atomic E-state index is 9.42. The third kappa shape index (κ3) is 11.2. The number of fused-ring (bicyclic) bond motifs is 3. The first-order valence-electron chi connectivity index (χ1n) is 31.4. The van der Waals surface area contributed by atoms with Gasteiger partial charge in [0.1, 0.15) is 23.2 Å². The SMILES string of the molecule is COc1ccc2nc(N3CC(c4nccnc4N4CCC(C#[N+]c5ccc6c(Cl)cc(N7CC(c8nccnc8N8CCC(C#[N+]c9ccc%10c(C)cc(N%11CC(c%12nccnc%12N%12CCC(C#N)CC%12)C%11)nc%10c9)CC8)C7)nc6c5)CC4)C3)cc(C)c2c1. The van der Waals surface area contributed by atoms with Crippen LogP contribution in [0.5, 0.6) is 5.75 Å². The number of rotatable bonds is 10. The van der Waals surface area contributed by atoms with Crippen LogP contribution in [0.25, 0.3) is 42.4 Å². The molecule has 12 heterocycles. The number of piperidine rings is 3. The topological polar surface area (TPSA) is 177 Å². The largest absolute Gasteiger partial charge is 0.497 e. The van der Waals surface area contributed by atoms with Crippen molar-refractivity contribution >= 4 is 90.6 Å². The van der Waals surface area contributed by atoms with Gasteiger partial charge in [0.2, 0.25) is 0 Å². The highest BCUT2D eigenvalue weighted by Gasteiger charge is 2.38. The zero-order valence-corrected chi connectivity index (χ0v) is 51.2. The summed E-state index contributed by atoms with van der Waals surface area (Å²) < 4.78 is 5.46. The number of nitriles is 1. The van der Waals surface area contributed by atoms with Crippen molar-refractivity contribution in [3.8, 4) is 24.0 Å². The summed E-state index contributed by atoms with van der Waals surface area (Å²) in [5, 5.41) is 13.2. The first kappa shape index (κ1) is 56.0. The van der Waals surface area contributed by atoms with E-state index in [2.05, 4.69) is 97.9 Å². The molecule has 15 rings (SSSR count). The van der Waals surface area contributed by atoms with Gasteiger partial charge in [-0.25, -0.2) is 29.9 Å². The number of hydrogen-bond acceptors (Lipinski definition) is 17. The molecule has 0 radical (unpaired) electrons. The van der Waals surface area contributed by atoms with Crippen molar-refractivity contribution in [3.63, 3.8) is 0 Å². The van der Waals surface area contributed by atoms with Crippen LogP contribution in [0, 0.1) is 55.1 Å². The molecule has 20 heteroatoms. The monoisotopic (exact) mass is 1200 g/mol. The quantitative estimate of drug-likeness (QED) is 0.126. The molecule has 0 unspecified atom stereocenters. The van der Waals surface area contributed by atoms with Gasteiger partial charge < -0.3 is 34.1 Å². The van der Waals surface area contributed by atoms with Crippen LogP contribution < -0.4 is 34.1 Å². The van der Waals surface area contributed by atoms with Crippen molar-refractivity contribution in [2.75, 3.05) is 115 Å². The van der Waals surface area contributed by atoms with E-state index in [1.54, 1.807) is 19.5 Å². The Morgan fingerprint density at radius 2 is 0.854 bits per heavy atom. The Hall–Kier alpha value is -9.51. The number of nitrogens with zero attached hydrogens (tertiary/aromatic N) is 18. The minimum absolute atomic E-state index is 0.124. The number of pyridine rings is 3. The predicted molar refractivity (Wildman–Crippen MR) is 351 cm³/mol. The molecule has 6 aliphatic heterocycles. The average Bonchev–Trinajstić information content (AvgIpc) is 1.48. The second-order valence-corrected chi connectivity index (χ2v) is 25.2. The fraction of sp³-hybridized carbons (Fsp3) is 0.391. The Balaban J connectivity index is 0.539. The van der Waals surface area contributed by atoms with Gasteiger partial charge in [0.15, 0.2) is 17.5 Å². The molecule has 6 fully saturated rings. The van der Waals surface area contributed by atoms with E-state index in [-0.39, 0.29) is 35.5 Å². The first-order valence-corrected chi connectivity index (χ1v) is 31.7. The van der Waals surface area contributed by atoms with Crippen molar-refractivity contribution in [1.29, 1.82) is 5.26 Å². The Morgan fingerprint density at radius 1 is 0.449 bits per heavy atom. The molecule has 0 aliphatic carbocycles. The summed E-state index contributed by atoms with van der Waals surface area (Å²) in [6.07, 6.45) is 16.3. The summed E-state index contributed by atoms with van der Waals surface area (Å²) in [7, 11) is 1.69. The van der Waals surface area contributed by atoms with E-state index in [1.807, 2.05) is 61.2 Å². The van der Waals surface area contributed by atoms with Gasteiger partial charge in [0.25, 0.3) is 12.1 Å². The van der Waals surface area contributed by atoms with Gasteiger partial charge in [-0.2, -0.15) is 5.26 Å². The maximum atomic E-state index is 9.42. The van der Waals surface area contributed by atoms with E-state index in [1.165, 1.54) is 11.1 Å². The van der Waals surface area contributed by atoms with Crippen molar-refractivity contribution in [2.24, 2.45) is 17.8 Å². The van der Waals surface area contributed by atoms with Gasteiger partial charge in [-0.1, -0.05) is 11.6 Å². The minimum atomic E-state index is 0.124. The molecule has 0 N–H and O–H groups in total. The summed E-state index contributed by atoms with van der Waals surface area (Å²) in [6.45, 7) is 14.3. The lowest BCUT2D eigenvalue weighted by Crippen LogP contribution is -2.47. The van der Waals surface area contributed by atoms with Crippen molar-refractivity contribution < 1.29 is 4.74 Å². The van der Waals surface area contributed by atoms with Gasteiger partial charge in [0, 0.05) is 168 Å². The van der Waals surface area contributed by atoms with Gasteiger partial charge >= 0.3 is 11.4 Å². The molecular weight excluding hydrogens is 1130 g/mol. The van der Waals surface area contributed by atoms with Crippen LogP contribution in [0.2, 0.25) is 5.02 Å². The van der Waals surface area contributed by atoms with Gasteiger partial charge in [-0.15, -0.1) is 0 Å². The molecule has 6 aliphatic rings. The molecule has 6 saturated heterocycles.